The Morgan fingerprint density at radius 1 is 1.44 bits per heavy atom. The molecule has 0 aliphatic heterocycles. The molecule has 2 aromatic rings. The van der Waals surface area contributed by atoms with E-state index in [1.165, 1.54) is 10.9 Å². The highest BCUT2D eigenvalue weighted by atomic mass is 79.9. The molecule has 0 aliphatic rings. The van der Waals surface area contributed by atoms with Gasteiger partial charge in [0.05, 0.1) is 11.9 Å². The number of hydrogen-bond donors (Lipinski definition) is 1. The molecule has 82 valence electrons. The maximum Gasteiger partial charge on any atom is 0.340 e. The molecular weight excluding hydrogens is 295 g/mol. The number of aromatic nitrogens is 2. The fourth-order valence-electron chi connectivity index (χ4n) is 1.27. The first-order valence-electron chi connectivity index (χ1n) is 4.33. The fraction of sp³-hybridized carbons (Fsp3) is 0. The first kappa shape index (κ1) is 11.2. The maximum atomic E-state index is 10.8. The van der Waals surface area contributed by atoms with Gasteiger partial charge in [-0.15, -0.1) is 0 Å². The van der Waals surface area contributed by atoms with Crippen molar-refractivity contribution in [3.8, 4) is 5.69 Å². The Labute approximate surface area is 105 Å². The number of rotatable bonds is 2. The van der Waals surface area contributed by atoms with Crippen LogP contribution in [-0.4, -0.2) is 20.9 Å². The molecule has 0 amide bonds. The van der Waals surface area contributed by atoms with E-state index < -0.39 is 5.97 Å². The molecule has 0 spiro atoms. The summed E-state index contributed by atoms with van der Waals surface area (Å²) < 4.78 is 2.16. The standard InChI is InChI=1S/C10H6BrClN2O2/c11-7-3-1-2-4-8(7)14-9(12)6(5-13-14)10(15)16/h1-5H,(H,15,16). The van der Waals surface area contributed by atoms with Crippen LogP contribution >= 0.6 is 27.5 Å². The second-order valence-corrected chi connectivity index (χ2v) is 4.23. The second kappa shape index (κ2) is 4.27. The maximum absolute atomic E-state index is 10.8. The Kier molecular flexibility index (Phi) is 2.98. The van der Waals surface area contributed by atoms with Crippen molar-refractivity contribution in [1.82, 2.24) is 9.78 Å². The van der Waals surface area contributed by atoms with E-state index in [1.807, 2.05) is 18.2 Å². The van der Waals surface area contributed by atoms with E-state index in [0.29, 0.717) is 5.69 Å². The quantitative estimate of drug-likeness (QED) is 0.927. The lowest BCUT2D eigenvalue weighted by Crippen LogP contribution is -1.99. The lowest BCUT2D eigenvalue weighted by molar-refractivity contribution is 0.0697. The molecule has 1 aromatic heterocycles. The summed E-state index contributed by atoms with van der Waals surface area (Å²) in [6, 6.07) is 7.28. The molecule has 0 aliphatic carbocycles. The number of para-hydroxylation sites is 1. The smallest absolute Gasteiger partial charge is 0.340 e. The van der Waals surface area contributed by atoms with E-state index in [9.17, 15) is 4.79 Å². The van der Waals surface area contributed by atoms with Crippen molar-refractivity contribution in [2.75, 3.05) is 0 Å². The van der Waals surface area contributed by atoms with Gasteiger partial charge in [0.2, 0.25) is 0 Å². The second-order valence-electron chi connectivity index (χ2n) is 3.02. The van der Waals surface area contributed by atoms with Gasteiger partial charge in [-0.25, -0.2) is 9.48 Å². The van der Waals surface area contributed by atoms with Crippen molar-refractivity contribution in [3.63, 3.8) is 0 Å². The van der Waals surface area contributed by atoms with Crippen LogP contribution in [0.4, 0.5) is 0 Å². The van der Waals surface area contributed by atoms with Gasteiger partial charge >= 0.3 is 5.97 Å². The van der Waals surface area contributed by atoms with Gasteiger partial charge in [-0.3, -0.25) is 0 Å². The summed E-state index contributed by atoms with van der Waals surface area (Å²) >= 11 is 9.27. The van der Waals surface area contributed by atoms with Gasteiger partial charge in [-0.2, -0.15) is 5.10 Å². The molecule has 2 rings (SSSR count). The summed E-state index contributed by atoms with van der Waals surface area (Å²) in [7, 11) is 0. The number of halogens is 2. The van der Waals surface area contributed by atoms with Crippen LogP contribution in [0.2, 0.25) is 5.15 Å². The highest BCUT2D eigenvalue weighted by Gasteiger charge is 2.16. The molecule has 0 radical (unpaired) electrons. The van der Waals surface area contributed by atoms with Crippen LogP contribution in [0.5, 0.6) is 0 Å². The minimum atomic E-state index is -1.09. The third-order valence-corrected chi connectivity index (χ3v) is 3.06. The van der Waals surface area contributed by atoms with E-state index >= 15 is 0 Å². The number of carboxylic acid groups (broad SMARTS) is 1. The van der Waals surface area contributed by atoms with Gasteiger partial charge in [0.25, 0.3) is 0 Å². The molecule has 6 heteroatoms. The molecule has 1 heterocycles. The van der Waals surface area contributed by atoms with Gasteiger partial charge in [0, 0.05) is 4.47 Å². The molecule has 0 unspecified atom stereocenters. The third kappa shape index (κ3) is 1.83. The van der Waals surface area contributed by atoms with Crippen LogP contribution in [0, 0.1) is 0 Å². The van der Waals surface area contributed by atoms with Crippen LogP contribution in [-0.2, 0) is 0 Å². The van der Waals surface area contributed by atoms with Crippen molar-refractivity contribution in [3.05, 3.63) is 45.7 Å². The van der Waals surface area contributed by atoms with Gasteiger partial charge in [0.15, 0.2) is 0 Å². The molecule has 4 nitrogen and oxygen atoms in total. The molecule has 1 N–H and O–H groups in total. The largest absolute Gasteiger partial charge is 0.478 e. The molecule has 0 saturated heterocycles. The predicted molar refractivity (Wildman–Crippen MR) is 63.2 cm³/mol. The zero-order valence-corrected chi connectivity index (χ0v) is 10.2. The Morgan fingerprint density at radius 2 is 2.12 bits per heavy atom. The first-order valence-corrected chi connectivity index (χ1v) is 5.50. The van der Waals surface area contributed by atoms with Crippen molar-refractivity contribution in [2.24, 2.45) is 0 Å². The number of nitrogens with zero attached hydrogens (tertiary/aromatic N) is 2. The summed E-state index contributed by atoms with van der Waals surface area (Å²) in [5.41, 5.74) is 0.678. The van der Waals surface area contributed by atoms with Crippen LogP contribution in [0.25, 0.3) is 5.69 Å². The van der Waals surface area contributed by atoms with Crippen LogP contribution in [0.3, 0.4) is 0 Å². The SMILES string of the molecule is O=C(O)c1cnn(-c2ccccc2Br)c1Cl. The van der Waals surface area contributed by atoms with Crippen molar-refractivity contribution < 1.29 is 9.90 Å². The zero-order chi connectivity index (χ0) is 11.7. The normalized spacial score (nSPS) is 10.4. The molecular formula is C10H6BrClN2O2. The zero-order valence-electron chi connectivity index (χ0n) is 7.89. The highest BCUT2D eigenvalue weighted by Crippen LogP contribution is 2.25. The van der Waals surface area contributed by atoms with Crippen LogP contribution in [0.15, 0.2) is 34.9 Å². The average molecular weight is 302 g/mol. The number of carboxylic acids is 1. The molecule has 16 heavy (non-hydrogen) atoms. The van der Waals surface area contributed by atoms with Gasteiger partial charge in [-0.05, 0) is 28.1 Å². The van der Waals surface area contributed by atoms with E-state index in [2.05, 4.69) is 21.0 Å². The molecule has 0 bridgehead atoms. The van der Waals surface area contributed by atoms with Gasteiger partial charge < -0.3 is 5.11 Å². The number of aromatic carboxylic acids is 1. The number of carbonyl (C=O) groups is 1. The number of benzene rings is 1. The molecule has 0 atom stereocenters. The fourth-order valence-corrected chi connectivity index (χ4v) is 1.99. The summed E-state index contributed by atoms with van der Waals surface area (Å²) in [5.74, 6) is -1.09. The van der Waals surface area contributed by atoms with Crippen LogP contribution < -0.4 is 0 Å². The Morgan fingerprint density at radius 3 is 2.69 bits per heavy atom. The minimum absolute atomic E-state index is 0.0163. The Hall–Kier alpha value is -1.33. The van der Waals surface area contributed by atoms with Crippen molar-refractivity contribution >= 4 is 33.5 Å². The average Bonchev–Trinajstić information content (AvgIpc) is 2.61. The van der Waals surface area contributed by atoms with Crippen LogP contribution in [0.1, 0.15) is 10.4 Å². The van der Waals surface area contributed by atoms with E-state index in [0.717, 1.165) is 4.47 Å². The first-order chi connectivity index (χ1) is 7.61. The highest BCUT2D eigenvalue weighted by molar-refractivity contribution is 9.10. The summed E-state index contributed by atoms with van der Waals surface area (Å²) in [6.45, 7) is 0. The monoisotopic (exact) mass is 300 g/mol. The Bertz CT molecular complexity index is 554. The van der Waals surface area contributed by atoms with Crippen molar-refractivity contribution in [1.29, 1.82) is 0 Å². The number of hydrogen-bond acceptors (Lipinski definition) is 2. The Balaban J connectivity index is 2.58. The topological polar surface area (TPSA) is 55.1 Å². The van der Waals surface area contributed by atoms with E-state index in [4.69, 9.17) is 16.7 Å². The molecule has 0 saturated carbocycles. The third-order valence-electron chi connectivity index (χ3n) is 2.02. The van der Waals surface area contributed by atoms with E-state index in [-0.39, 0.29) is 10.7 Å². The summed E-state index contributed by atoms with van der Waals surface area (Å²) in [6.07, 6.45) is 1.23. The van der Waals surface area contributed by atoms with Gasteiger partial charge in [-0.1, -0.05) is 23.7 Å². The lowest BCUT2D eigenvalue weighted by Gasteiger charge is -2.05. The molecule has 1 aromatic carbocycles. The summed E-state index contributed by atoms with van der Waals surface area (Å²) in [5, 5.41) is 12.9. The predicted octanol–water partition coefficient (Wildman–Crippen LogP) is 2.99. The molecule has 0 fully saturated rings. The van der Waals surface area contributed by atoms with Gasteiger partial charge in [0.1, 0.15) is 10.7 Å². The summed E-state index contributed by atoms with van der Waals surface area (Å²) in [4.78, 5) is 10.8. The lowest BCUT2D eigenvalue weighted by atomic mass is 10.3. The minimum Gasteiger partial charge on any atom is -0.478 e. The van der Waals surface area contributed by atoms with E-state index in [1.54, 1.807) is 6.07 Å². The van der Waals surface area contributed by atoms with Crippen molar-refractivity contribution in [2.45, 2.75) is 0 Å².